The lowest BCUT2D eigenvalue weighted by molar-refractivity contribution is 0.0954. The normalized spacial score (nSPS) is 11.0. The van der Waals surface area contributed by atoms with E-state index in [2.05, 4.69) is 10.3 Å². The van der Waals surface area contributed by atoms with Gasteiger partial charge < -0.3 is 10.1 Å². The quantitative estimate of drug-likeness (QED) is 0.433. The predicted molar refractivity (Wildman–Crippen MR) is 128 cm³/mol. The molecule has 0 saturated heterocycles. The van der Waals surface area contributed by atoms with Gasteiger partial charge in [0.15, 0.2) is 0 Å². The molecule has 4 aromatic rings. The molecule has 0 fully saturated rings. The molecule has 0 aliphatic heterocycles. The van der Waals surface area contributed by atoms with Crippen LogP contribution >= 0.6 is 34.5 Å². The van der Waals surface area contributed by atoms with Crippen LogP contribution in [0, 0.1) is 6.92 Å². The van der Waals surface area contributed by atoms with E-state index in [0.29, 0.717) is 36.8 Å². The molecule has 11 heteroatoms. The molecule has 1 aromatic carbocycles. The molecule has 0 saturated carbocycles. The number of halogens is 2. The van der Waals surface area contributed by atoms with Gasteiger partial charge in [0.1, 0.15) is 9.71 Å². The van der Waals surface area contributed by atoms with Crippen LogP contribution in [0.3, 0.4) is 0 Å². The van der Waals surface area contributed by atoms with Gasteiger partial charge in [0.05, 0.1) is 23.7 Å². The van der Waals surface area contributed by atoms with Gasteiger partial charge in [-0.2, -0.15) is 0 Å². The number of aromatic nitrogens is 3. The van der Waals surface area contributed by atoms with Crippen LogP contribution in [0.5, 0.6) is 5.88 Å². The van der Waals surface area contributed by atoms with Gasteiger partial charge >= 0.3 is 5.69 Å². The zero-order chi connectivity index (χ0) is 23.7. The topological polar surface area (TPSA) is 94.7 Å². The first-order valence-corrected chi connectivity index (χ1v) is 11.3. The van der Waals surface area contributed by atoms with Gasteiger partial charge in [0, 0.05) is 30.6 Å². The van der Waals surface area contributed by atoms with E-state index in [0.717, 1.165) is 21.5 Å². The second-order valence-electron chi connectivity index (χ2n) is 7.21. The van der Waals surface area contributed by atoms with E-state index in [1.807, 2.05) is 0 Å². The molecule has 4 rings (SSSR count). The summed E-state index contributed by atoms with van der Waals surface area (Å²) in [7, 11) is 1.51. The fourth-order valence-electron chi connectivity index (χ4n) is 3.27. The van der Waals surface area contributed by atoms with E-state index in [1.54, 1.807) is 43.5 Å². The van der Waals surface area contributed by atoms with E-state index in [1.165, 1.54) is 17.7 Å². The minimum atomic E-state index is -0.541. The molecule has 0 spiro atoms. The Kier molecular flexibility index (Phi) is 6.55. The van der Waals surface area contributed by atoms with Crippen molar-refractivity contribution >= 4 is 45.3 Å². The number of benzene rings is 1. The van der Waals surface area contributed by atoms with Gasteiger partial charge in [0.2, 0.25) is 5.88 Å². The number of thiazole rings is 1. The molecule has 0 bridgehead atoms. The average Bonchev–Trinajstić information content (AvgIpc) is 3.27. The second kappa shape index (κ2) is 9.38. The van der Waals surface area contributed by atoms with Gasteiger partial charge in [-0.05, 0) is 36.2 Å². The molecule has 8 nitrogen and oxygen atoms in total. The number of aryl methyl sites for hydroxylation is 1. The van der Waals surface area contributed by atoms with E-state index in [4.69, 9.17) is 27.9 Å². The zero-order valence-electron chi connectivity index (χ0n) is 17.6. The van der Waals surface area contributed by atoms with Gasteiger partial charge in [-0.3, -0.25) is 18.6 Å². The van der Waals surface area contributed by atoms with Crippen molar-refractivity contribution in [3.05, 3.63) is 95.2 Å². The van der Waals surface area contributed by atoms with Crippen LogP contribution in [0.15, 0.2) is 52.3 Å². The summed E-state index contributed by atoms with van der Waals surface area (Å²) < 4.78 is 7.52. The van der Waals surface area contributed by atoms with E-state index >= 15 is 0 Å². The maximum Gasteiger partial charge on any atom is 0.336 e. The number of carbonyl (C=O) groups excluding carboxylic acids is 1. The van der Waals surface area contributed by atoms with Crippen LogP contribution in [0.4, 0.5) is 0 Å². The lowest BCUT2D eigenvalue weighted by Crippen LogP contribution is -2.38. The SMILES string of the molecule is COc1cc(CNC(=O)c2cn3c(=O)n(Cc4ccc(Cl)c(Cl)c4)c(=O)c(C)c3s2)ccn1. The third kappa shape index (κ3) is 4.66. The third-order valence-electron chi connectivity index (χ3n) is 5.01. The Morgan fingerprint density at radius 1 is 1.15 bits per heavy atom. The predicted octanol–water partition coefficient (Wildman–Crippen LogP) is 3.52. The first-order valence-electron chi connectivity index (χ1n) is 9.75. The summed E-state index contributed by atoms with van der Waals surface area (Å²) in [5, 5.41) is 3.53. The molecule has 1 N–H and O–H groups in total. The van der Waals surface area contributed by atoms with E-state index in [-0.39, 0.29) is 19.0 Å². The number of nitrogens with zero attached hydrogens (tertiary/aromatic N) is 3. The van der Waals surface area contributed by atoms with Crippen molar-refractivity contribution in [1.82, 2.24) is 19.3 Å². The number of ether oxygens (including phenoxy) is 1. The van der Waals surface area contributed by atoms with Gasteiger partial charge in [-0.1, -0.05) is 29.3 Å². The summed E-state index contributed by atoms with van der Waals surface area (Å²) in [4.78, 5) is 43.4. The van der Waals surface area contributed by atoms with Crippen molar-refractivity contribution in [3.8, 4) is 5.88 Å². The smallest absolute Gasteiger partial charge is 0.336 e. The van der Waals surface area contributed by atoms with Crippen LogP contribution in [0.25, 0.3) is 4.83 Å². The maximum atomic E-state index is 13.1. The Morgan fingerprint density at radius 3 is 2.67 bits per heavy atom. The van der Waals surface area contributed by atoms with Crippen LogP contribution in [-0.2, 0) is 13.1 Å². The number of nitrogens with one attached hydrogen (secondary N) is 1. The third-order valence-corrected chi connectivity index (χ3v) is 6.95. The highest BCUT2D eigenvalue weighted by molar-refractivity contribution is 7.19. The van der Waals surface area contributed by atoms with Crippen molar-refractivity contribution in [1.29, 1.82) is 0 Å². The average molecular weight is 505 g/mol. The van der Waals surface area contributed by atoms with Crippen molar-refractivity contribution in [3.63, 3.8) is 0 Å². The Labute approximate surface area is 202 Å². The lowest BCUT2D eigenvalue weighted by Gasteiger charge is -2.08. The molecular weight excluding hydrogens is 487 g/mol. The molecule has 0 atom stereocenters. The minimum absolute atomic E-state index is 0.0274. The Bertz CT molecular complexity index is 1490. The van der Waals surface area contributed by atoms with Gasteiger partial charge in [0.25, 0.3) is 11.5 Å². The second-order valence-corrected chi connectivity index (χ2v) is 9.05. The summed E-state index contributed by atoms with van der Waals surface area (Å²) in [5.41, 5.74) is 0.872. The van der Waals surface area contributed by atoms with Crippen molar-refractivity contribution in [2.75, 3.05) is 7.11 Å². The number of pyridine rings is 1. The molecule has 1 amide bonds. The fourth-order valence-corrected chi connectivity index (χ4v) is 4.59. The summed E-state index contributed by atoms with van der Waals surface area (Å²) in [5.74, 6) is 0.0852. The zero-order valence-corrected chi connectivity index (χ0v) is 19.9. The molecule has 0 aliphatic carbocycles. The number of hydrogen-bond acceptors (Lipinski definition) is 6. The first kappa shape index (κ1) is 23.0. The Hall–Kier alpha value is -3.14. The number of hydrogen-bond donors (Lipinski definition) is 1. The number of amides is 1. The lowest BCUT2D eigenvalue weighted by atomic mass is 10.2. The molecule has 0 radical (unpaired) electrons. The van der Waals surface area contributed by atoms with Crippen LogP contribution in [0.1, 0.15) is 26.4 Å². The summed E-state index contributed by atoms with van der Waals surface area (Å²) in [6, 6.07) is 8.40. The Balaban J connectivity index is 1.64. The van der Waals surface area contributed by atoms with E-state index in [9.17, 15) is 14.4 Å². The molecular formula is C22H18Cl2N4O4S. The maximum absolute atomic E-state index is 13.1. The first-order chi connectivity index (χ1) is 15.8. The largest absolute Gasteiger partial charge is 0.481 e. The molecule has 170 valence electrons. The van der Waals surface area contributed by atoms with Crippen LogP contribution < -0.4 is 21.3 Å². The molecule has 0 aliphatic rings. The van der Waals surface area contributed by atoms with Crippen LogP contribution in [-0.4, -0.2) is 27.0 Å². The van der Waals surface area contributed by atoms with Crippen molar-refractivity contribution < 1.29 is 9.53 Å². The van der Waals surface area contributed by atoms with Gasteiger partial charge in [-0.15, -0.1) is 11.3 Å². The highest BCUT2D eigenvalue weighted by Gasteiger charge is 2.18. The van der Waals surface area contributed by atoms with E-state index < -0.39 is 11.2 Å². The highest BCUT2D eigenvalue weighted by atomic mass is 35.5. The number of methoxy groups -OCH3 is 1. The standard InChI is InChI=1S/C22H18Cl2N4O4S/c1-12-20(30)27(10-14-3-4-15(23)16(24)7-14)22(31)28-11-17(33-21(12)28)19(29)26-9-13-5-6-25-18(8-13)32-2/h3-8,11H,9-10H2,1-2H3,(H,26,29). The number of fused-ring (bicyclic) bond motifs is 1. The molecule has 0 unspecified atom stereocenters. The summed E-state index contributed by atoms with van der Waals surface area (Å²) in [6.07, 6.45) is 3.04. The van der Waals surface area contributed by atoms with Crippen LogP contribution in [0.2, 0.25) is 10.0 Å². The Morgan fingerprint density at radius 2 is 1.94 bits per heavy atom. The van der Waals surface area contributed by atoms with Crippen molar-refractivity contribution in [2.24, 2.45) is 0 Å². The summed E-state index contributed by atoms with van der Waals surface area (Å²) >= 11 is 13.1. The highest BCUT2D eigenvalue weighted by Crippen LogP contribution is 2.23. The van der Waals surface area contributed by atoms with Gasteiger partial charge in [-0.25, -0.2) is 9.78 Å². The fraction of sp³-hybridized carbons (Fsp3) is 0.182. The number of carbonyl (C=O) groups is 1. The minimum Gasteiger partial charge on any atom is -0.481 e. The number of rotatable bonds is 6. The summed E-state index contributed by atoms with van der Waals surface area (Å²) in [6.45, 7) is 1.91. The van der Waals surface area contributed by atoms with Crippen molar-refractivity contribution in [2.45, 2.75) is 20.0 Å². The monoisotopic (exact) mass is 504 g/mol. The molecule has 3 heterocycles. The molecule has 33 heavy (non-hydrogen) atoms. The molecule has 3 aromatic heterocycles.